The summed E-state index contributed by atoms with van der Waals surface area (Å²) in [5, 5.41) is 2.37. The highest BCUT2D eigenvalue weighted by Crippen LogP contribution is 2.25. The van der Waals surface area contributed by atoms with Gasteiger partial charge in [-0.25, -0.2) is 0 Å². The van der Waals surface area contributed by atoms with E-state index in [0.29, 0.717) is 0 Å². The van der Waals surface area contributed by atoms with E-state index in [1.165, 1.54) is 16.5 Å². The first-order valence-electron chi connectivity index (χ1n) is 5.85. The van der Waals surface area contributed by atoms with Crippen molar-refractivity contribution in [2.45, 2.75) is 0 Å². The van der Waals surface area contributed by atoms with E-state index in [1.54, 1.807) is 7.11 Å². The van der Waals surface area contributed by atoms with Gasteiger partial charge in [-0.3, -0.25) is 4.98 Å². The van der Waals surface area contributed by atoms with Gasteiger partial charge in [0.15, 0.2) is 0 Å². The molecular formula is C16H13NO. The molecule has 0 atom stereocenters. The van der Waals surface area contributed by atoms with Gasteiger partial charge < -0.3 is 4.74 Å². The number of nitrogens with zero attached hydrogens (tertiary/aromatic N) is 1. The number of hydrogen-bond acceptors (Lipinski definition) is 2. The highest BCUT2D eigenvalue weighted by molar-refractivity contribution is 5.86. The Morgan fingerprint density at radius 3 is 2.39 bits per heavy atom. The summed E-state index contributed by atoms with van der Waals surface area (Å²) in [6.07, 6.45) is 3.71. The summed E-state index contributed by atoms with van der Waals surface area (Å²) >= 11 is 0. The summed E-state index contributed by atoms with van der Waals surface area (Å²) in [6.45, 7) is 0. The topological polar surface area (TPSA) is 22.1 Å². The number of ether oxygens (including phenoxy) is 1. The van der Waals surface area contributed by atoms with Crippen molar-refractivity contribution < 1.29 is 4.74 Å². The number of rotatable bonds is 2. The summed E-state index contributed by atoms with van der Waals surface area (Å²) < 4.78 is 5.17. The van der Waals surface area contributed by atoms with Crippen LogP contribution in [0.3, 0.4) is 0 Å². The first-order chi connectivity index (χ1) is 8.86. The maximum Gasteiger partial charge on any atom is 0.118 e. The lowest BCUT2D eigenvalue weighted by atomic mass is 10.0. The standard InChI is InChI=1S/C16H13NO/c1-18-16-6-4-12(5-7-16)14-3-2-13-8-9-17-11-15(13)10-14/h2-11H,1H3. The van der Waals surface area contributed by atoms with Crippen LogP contribution in [0.1, 0.15) is 0 Å². The van der Waals surface area contributed by atoms with E-state index in [0.717, 1.165) is 11.1 Å². The van der Waals surface area contributed by atoms with Gasteiger partial charge in [-0.1, -0.05) is 24.3 Å². The number of fused-ring (bicyclic) bond motifs is 1. The predicted octanol–water partition coefficient (Wildman–Crippen LogP) is 3.91. The Morgan fingerprint density at radius 1 is 0.833 bits per heavy atom. The molecule has 2 heteroatoms. The second kappa shape index (κ2) is 4.49. The lowest BCUT2D eigenvalue weighted by molar-refractivity contribution is 0.415. The third kappa shape index (κ3) is 1.93. The molecule has 0 N–H and O–H groups in total. The summed E-state index contributed by atoms with van der Waals surface area (Å²) in [5.74, 6) is 0.876. The Kier molecular flexibility index (Phi) is 2.69. The Labute approximate surface area is 106 Å². The molecule has 0 aliphatic carbocycles. The van der Waals surface area contributed by atoms with Crippen molar-refractivity contribution in [2.75, 3.05) is 7.11 Å². The molecule has 0 aliphatic heterocycles. The minimum Gasteiger partial charge on any atom is -0.497 e. The van der Waals surface area contributed by atoms with E-state index in [9.17, 15) is 0 Å². The monoisotopic (exact) mass is 235 g/mol. The number of methoxy groups -OCH3 is 1. The molecule has 3 aromatic rings. The minimum atomic E-state index is 0.876. The zero-order valence-electron chi connectivity index (χ0n) is 10.1. The van der Waals surface area contributed by atoms with Crippen LogP contribution in [0.2, 0.25) is 0 Å². The fourth-order valence-electron chi connectivity index (χ4n) is 2.05. The van der Waals surface area contributed by atoms with E-state index in [-0.39, 0.29) is 0 Å². The van der Waals surface area contributed by atoms with Crippen LogP contribution in [-0.2, 0) is 0 Å². The van der Waals surface area contributed by atoms with Crippen LogP contribution in [-0.4, -0.2) is 12.1 Å². The van der Waals surface area contributed by atoms with Crippen LogP contribution < -0.4 is 4.74 Å². The Bertz CT molecular complexity index is 674. The maximum atomic E-state index is 5.17. The largest absolute Gasteiger partial charge is 0.497 e. The molecule has 88 valence electrons. The third-order valence-electron chi connectivity index (χ3n) is 3.06. The summed E-state index contributed by atoms with van der Waals surface area (Å²) in [4.78, 5) is 4.16. The summed E-state index contributed by atoms with van der Waals surface area (Å²) in [5.41, 5.74) is 2.37. The van der Waals surface area contributed by atoms with Gasteiger partial charge in [0, 0.05) is 17.8 Å². The number of pyridine rings is 1. The lowest BCUT2D eigenvalue weighted by Gasteiger charge is -2.05. The lowest BCUT2D eigenvalue weighted by Crippen LogP contribution is -1.83. The van der Waals surface area contributed by atoms with Crippen molar-refractivity contribution in [3.8, 4) is 16.9 Å². The van der Waals surface area contributed by atoms with Crippen molar-refractivity contribution in [1.29, 1.82) is 0 Å². The molecule has 0 spiro atoms. The van der Waals surface area contributed by atoms with E-state index in [1.807, 2.05) is 30.6 Å². The van der Waals surface area contributed by atoms with Gasteiger partial charge in [0.05, 0.1) is 7.11 Å². The normalized spacial score (nSPS) is 10.5. The molecule has 0 saturated heterocycles. The van der Waals surface area contributed by atoms with Crippen molar-refractivity contribution >= 4 is 10.8 Å². The highest BCUT2D eigenvalue weighted by atomic mass is 16.5. The molecule has 0 amide bonds. The molecule has 2 nitrogen and oxygen atoms in total. The molecule has 0 fully saturated rings. The Hall–Kier alpha value is -2.35. The summed E-state index contributed by atoms with van der Waals surface area (Å²) in [6, 6.07) is 16.5. The molecule has 18 heavy (non-hydrogen) atoms. The van der Waals surface area contributed by atoms with Crippen molar-refractivity contribution in [3.05, 3.63) is 60.9 Å². The second-order valence-corrected chi connectivity index (χ2v) is 4.17. The van der Waals surface area contributed by atoms with Crippen molar-refractivity contribution in [3.63, 3.8) is 0 Å². The number of aromatic nitrogens is 1. The van der Waals surface area contributed by atoms with E-state index >= 15 is 0 Å². The van der Waals surface area contributed by atoms with Gasteiger partial charge in [0.25, 0.3) is 0 Å². The molecule has 2 aromatic carbocycles. The van der Waals surface area contributed by atoms with Crippen molar-refractivity contribution in [2.24, 2.45) is 0 Å². The van der Waals surface area contributed by atoms with Crippen molar-refractivity contribution in [1.82, 2.24) is 4.98 Å². The van der Waals surface area contributed by atoms with E-state index in [4.69, 9.17) is 4.74 Å². The fraction of sp³-hybridized carbons (Fsp3) is 0.0625. The summed E-state index contributed by atoms with van der Waals surface area (Å²) in [7, 11) is 1.68. The average molecular weight is 235 g/mol. The fourth-order valence-corrected chi connectivity index (χ4v) is 2.05. The molecule has 0 aliphatic rings. The molecule has 0 radical (unpaired) electrons. The van der Waals surface area contributed by atoms with Gasteiger partial charge in [-0.2, -0.15) is 0 Å². The molecule has 1 heterocycles. The van der Waals surface area contributed by atoms with Gasteiger partial charge in [-0.05, 0) is 40.8 Å². The third-order valence-corrected chi connectivity index (χ3v) is 3.06. The molecule has 3 rings (SSSR count). The predicted molar refractivity (Wildman–Crippen MR) is 73.7 cm³/mol. The van der Waals surface area contributed by atoms with Gasteiger partial charge in [-0.15, -0.1) is 0 Å². The van der Waals surface area contributed by atoms with E-state index in [2.05, 4.69) is 35.3 Å². The number of hydrogen-bond donors (Lipinski definition) is 0. The quantitative estimate of drug-likeness (QED) is 0.671. The Morgan fingerprint density at radius 2 is 1.61 bits per heavy atom. The smallest absolute Gasteiger partial charge is 0.118 e. The molecule has 0 saturated carbocycles. The van der Waals surface area contributed by atoms with Crippen LogP contribution in [0.15, 0.2) is 60.9 Å². The zero-order valence-corrected chi connectivity index (χ0v) is 10.1. The first kappa shape index (κ1) is 10.8. The van der Waals surface area contributed by atoms with Crippen LogP contribution in [0.25, 0.3) is 21.9 Å². The number of benzene rings is 2. The first-order valence-corrected chi connectivity index (χ1v) is 5.85. The van der Waals surface area contributed by atoms with Crippen LogP contribution in [0, 0.1) is 0 Å². The minimum absolute atomic E-state index is 0.876. The van der Waals surface area contributed by atoms with Crippen LogP contribution in [0.5, 0.6) is 5.75 Å². The zero-order chi connectivity index (χ0) is 12.4. The molecule has 0 unspecified atom stereocenters. The van der Waals surface area contributed by atoms with Gasteiger partial charge in [0.2, 0.25) is 0 Å². The SMILES string of the molecule is COc1ccc(-c2ccc3ccncc3c2)cc1. The molecule has 1 aromatic heterocycles. The van der Waals surface area contributed by atoms with Crippen LogP contribution >= 0.6 is 0 Å². The van der Waals surface area contributed by atoms with Crippen LogP contribution in [0.4, 0.5) is 0 Å². The molecular weight excluding hydrogens is 222 g/mol. The van der Waals surface area contributed by atoms with E-state index < -0.39 is 0 Å². The van der Waals surface area contributed by atoms with Gasteiger partial charge >= 0.3 is 0 Å². The van der Waals surface area contributed by atoms with Gasteiger partial charge in [0.1, 0.15) is 5.75 Å². The average Bonchev–Trinajstić information content (AvgIpc) is 2.47. The molecule has 0 bridgehead atoms. The Balaban J connectivity index is 2.07. The highest BCUT2D eigenvalue weighted by Gasteiger charge is 2.00. The maximum absolute atomic E-state index is 5.17. The second-order valence-electron chi connectivity index (χ2n) is 4.17.